The fourth-order valence-corrected chi connectivity index (χ4v) is 5.22. The quantitative estimate of drug-likeness (QED) is 0.234. The van der Waals surface area contributed by atoms with Crippen LogP contribution >= 0.6 is 12.4 Å². The molecule has 6 heteroatoms. The second-order valence-electron chi connectivity index (χ2n) is 9.39. The molecule has 2 atom stereocenters. The van der Waals surface area contributed by atoms with Gasteiger partial charge in [0.1, 0.15) is 11.6 Å². The Balaban J connectivity index is 0.00000320. The van der Waals surface area contributed by atoms with E-state index in [0.717, 1.165) is 55.6 Å². The largest absolute Gasteiger partial charge is 0.490 e. The Morgan fingerprint density at radius 1 is 0.973 bits per heavy atom. The first-order valence-electron chi connectivity index (χ1n) is 12.6. The van der Waals surface area contributed by atoms with Crippen molar-refractivity contribution in [2.75, 3.05) is 13.1 Å². The second kappa shape index (κ2) is 12.2. The lowest BCUT2D eigenvalue weighted by atomic mass is 9.82. The van der Waals surface area contributed by atoms with Gasteiger partial charge in [-0.15, -0.1) is 12.4 Å². The summed E-state index contributed by atoms with van der Waals surface area (Å²) in [5.41, 5.74) is 2.90. The van der Waals surface area contributed by atoms with Gasteiger partial charge in [0, 0.05) is 11.5 Å². The maximum Gasteiger partial charge on any atom is 0.338 e. The van der Waals surface area contributed by atoms with Gasteiger partial charge in [0.2, 0.25) is 0 Å². The summed E-state index contributed by atoms with van der Waals surface area (Å²) in [4.78, 5) is 11.5. The molecule has 4 aromatic carbocycles. The Kier molecular flexibility index (Phi) is 8.80. The van der Waals surface area contributed by atoms with E-state index in [9.17, 15) is 14.3 Å². The minimum absolute atomic E-state index is 0. The van der Waals surface area contributed by atoms with E-state index in [2.05, 4.69) is 47.8 Å². The van der Waals surface area contributed by atoms with E-state index in [1.165, 1.54) is 28.5 Å². The number of nitrogens with one attached hydrogen (secondary N) is 1. The molecule has 5 rings (SSSR count). The molecule has 0 unspecified atom stereocenters. The zero-order valence-corrected chi connectivity index (χ0v) is 21.3. The third-order valence-corrected chi connectivity index (χ3v) is 7.04. The molecule has 4 aromatic rings. The summed E-state index contributed by atoms with van der Waals surface area (Å²) >= 11 is 0. The van der Waals surface area contributed by atoms with Crippen molar-refractivity contribution in [3.05, 3.63) is 113 Å². The lowest BCUT2D eigenvalue weighted by Crippen LogP contribution is -2.28. The van der Waals surface area contributed by atoms with Crippen molar-refractivity contribution in [3.8, 4) is 5.75 Å². The summed E-state index contributed by atoms with van der Waals surface area (Å²) in [5.74, 6) is -1.17. The number of aromatic carboxylic acids is 1. The number of halogens is 2. The first-order chi connectivity index (χ1) is 17.6. The van der Waals surface area contributed by atoms with Crippen LogP contribution in [-0.4, -0.2) is 30.3 Å². The van der Waals surface area contributed by atoms with Gasteiger partial charge < -0.3 is 15.2 Å². The third-order valence-electron chi connectivity index (χ3n) is 7.04. The van der Waals surface area contributed by atoms with Gasteiger partial charge in [-0.05, 0) is 78.9 Å². The van der Waals surface area contributed by atoms with Crippen LogP contribution < -0.4 is 10.1 Å². The molecule has 4 nitrogen and oxygen atoms in total. The summed E-state index contributed by atoms with van der Waals surface area (Å²) < 4.78 is 20.3. The normalized spacial score (nSPS) is 16.5. The van der Waals surface area contributed by atoms with Crippen molar-refractivity contribution in [1.82, 2.24) is 5.32 Å². The molecular weight excluding hydrogens is 489 g/mol. The molecule has 2 N–H and O–H groups in total. The highest BCUT2D eigenvalue weighted by Crippen LogP contribution is 2.41. The van der Waals surface area contributed by atoms with Gasteiger partial charge in [0.25, 0.3) is 0 Å². The highest BCUT2D eigenvalue weighted by atomic mass is 35.5. The Morgan fingerprint density at radius 2 is 1.76 bits per heavy atom. The van der Waals surface area contributed by atoms with Crippen LogP contribution in [0.15, 0.2) is 84.9 Å². The molecule has 1 aliphatic heterocycles. The summed E-state index contributed by atoms with van der Waals surface area (Å²) in [7, 11) is 0. The van der Waals surface area contributed by atoms with Crippen LogP contribution in [0.5, 0.6) is 5.75 Å². The molecular formula is C31H31ClFNO3. The Hall–Kier alpha value is -3.41. The molecule has 0 aliphatic carbocycles. The predicted octanol–water partition coefficient (Wildman–Crippen LogP) is 6.99. The molecule has 0 radical (unpaired) electrons. The van der Waals surface area contributed by atoms with E-state index < -0.39 is 11.8 Å². The lowest BCUT2D eigenvalue weighted by molar-refractivity contribution is 0.0691. The number of para-hydroxylation sites is 1. The number of benzene rings is 4. The van der Waals surface area contributed by atoms with Crippen molar-refractivity contribution in [2.45, 2.75) is 37.7 Å². The number of hydrogen-bond acceptors (Lipinski definition) is 3. The fraction of sp³-hybridized carbons (Fsp3) is 0.258. The van der Waals surface area contributed by atoms with Gasteiger partial charge in [-0.2, -0.15) is 0 Å². The van der Waals surface area contributed by atoms with E-state index in [4.69, 9.17) is 4.74 Å². The lowest BCUT2D eigenvalue weighted by Gasteiger charge is -2.33. The summed E-state index contributed by atoms with van der Waals surface area (Å²) in [6.45, 7) is 1.81. The van der Waals surface area contributed by atoms with Crippen molar-refractivity contribution >= 4 is 29.1 Å². The summed E-state index contributed by atoms with van der Waals surface area (Å²) in [6, 6.07) is 27.2. The molecule has 0 fully saturated rings. The van der Waals surface area contributed by atoms with E-state index in [1.807, 2.05) is 24.3 Å². The number of carbonyl (C=O) groups is 1. The topological polar surface area (TPSA) is 58.6 Å². The molecule has 1 heterocycles. The average molecular weight is 520 g/mol. The van der Waals surface area contributed by atoms with Crippen molar-refractivity contribution in [2.24, 2.45) is 0 Å². The zero-order chi connectivity index (χ0) is 24.9. The molecule has 0 aromatic heterocycles. The minimum Gasteiger partial charge on any atom is -0.490 e. The maximum absolute atomic E-state index is 14.0. The molecule has 1 aliphatic rings. The van der Waals surface area contributed by atoms with Crippen LogP contribution in [-0.2, 0) is 6.42 Å². The summed E-state index contributed by atoms with van der Waals surface area (Å²) in [5, 5.41) is 15.5. The van der Waals surface area contributed by atoms with E-state index in [0.29, 0.717) is 0 Å². The van der Waals surface area contributed by atoms with Gasteiger partial charge in [-0.1, -0.05) is 66.7 Å². The van der Waals surface area contributed by atoms with Gasteiger partial charge >= 0.3 is 5.97 Å². The SMILES string of the molecule is Cl.O=C(O)c1cc([C@H]2C[C@@H](CCCNCCc3cccc4ccccc34)Oc3ccccc32)ccc1F. The van der Waals surface area contributed by atoms with Crippen molar-refractivity contribution < 1.29 is 19.0 Å². The molecule has 192 valence electrons. The van der Waals surface area contributed by atoms with Gasteiger partial charge in [0.05, 0.1) is 11.7 Å². The van der Waals surface area contributed by atoms with Crippen molar-refractivity contribution in [1.29, 1.82) is 0 Å². The van der Waals surface area contributed by atoms with Crippen LogP contribution in [0.25, 0.3) is 10.8 Å². The maximum atomic E-state index is 14.0. The van der Waals surface area contributed by atoms with Crippen LogP contribution in [0.3, 0.4) is 0 Å². The Morgan fingerprint density at radius 3 is 2.62 bits per heavy atom. The summed E-state index contributed by atoms with van der Waals surface area (Å²) in [6.07, 6.45) is 3.59. The molecule has 37 heavy (non-hydrogen) atoms. The Labute approximate surface area is 222 Å². The average Bonchev–Trinajstić information content (AvgIpc) is 2.90. The Bertz CT molecular complexity index is 1370. The van der Waals surface area contributed by atoms with Gasteiger partial charge in [-0.25, -0.2) is 9.18 Å². The standard InChI is InChI=1S/C31H30FNO3.ClH/c32-29-15-14-23(19-28(29)31(34)35)27-20-24(36-30-13-4-3-12-26(27)30)10-6-17-33-18-16-22-9-5-8-21-7-1-2-11-25(21)22;/h1-5,7-9,11-15,19,24,27,33H,6,10,16-18,20H2,(H,34,35);1H/t24-,27-;/m1./s1. The smallest absolute Gasteiger partial charge is 0.338 e. The minimum atomic E-state index is -1.25. The number of carboxylic acids is 1. The first kappa shape index (κ1) is 26.6. The molecule has 0 spiro atoms. The fourth-order valence-electron chi connectivity index (χ4n) is 5.22. The molecule has 0 saturated heterocycles. The molecule has 0 amide bonds. The number of hydrogen-bond donors (Lipinski definition) is 2. The number of carboxylic acid groups (broad SMARTS) is 1. The second-order valence-corrected chi connectivity index (χ2v) is 9.39. The van der Waals surface area contributed by atoms with Crippen LogP contribution in [0.2, 0.25) is 0 Å². The number of ether oxygens (including phenoxy) is 1. The van der Waals surface area contributed by atoms with Gasteiger partial charge in [0.15, 0.2) is 0 Å². The van der Waals surface area contributed by atoms with Crippen molar-refractivity contribution in [3.63, 3.8) is 0 Å². The zero-order valence-electron chi connectivity index (χ0n) is 20.5. The van der Waals surface area contributed by atoms with Crippen LogP contribution in [0, 0.1) is 5.82 Å². The van der Waals surface area contributed by atoms with Gasteiger partial charge in [-0.3, -0.25) is 0 Å². The first-order valence-corrected chi connectivity index (χ1v) is 12.6. The van der Waals surface area contributed by atoms with E-state index in [1.54, 1.807) is 6.07 Å². The van der Waals surface area contributed by atoms with E-state index in [-0.39, 0.29) is 30.0 Å². The van der Waals surface area contributed by atoms with Crippen LogP contribution in [0.1, 0.15) is 52.2 Å². The highest BCUT2D eigenvalue weighted by Gasteiger charge is 2.29. The number of fused-ring (bicyclic) bond motifs is 2. The monoisotopic (exact) mass is 519 g/mol. The number of rotatable bonds is 9. The molecule has 0 bridgehead atoms. The third kappa shape index (κ3) is 6.12. The van der Waals surface area contributed by atoms with E-state index >= 15 is 0 Å². The highest BCUT2D eigenvalue weighted by molar-refractivity contribution is 5.88. The predicted molar refractivity (Wildman–Crippen MR) is 148 cm³/mol. The van der Waals surface area contributed by atoms with Crippen LogP contribution in [0.4, 0.5) is 4.39 Å². The molecule has 0 saturated carbocycles.